The van der Waals surface area contributed by atoms with Gasteiger partial charge in [-0.3, -0.25) is 4.79 Å². The minimum Gasteiger partial charge on any atom is -0.338 e. The van der Waals surface area contributed by atoms with Gasteiger partial charge in [0.15, 0.2) is 0 Å². The number of hydrogen-bond donors (Lipinski definition) is 0. The van der Waals surface area contributed by atoms with Gasteiger partial charge in [-0.1, -0.05) is 12.1 Å². The van der Waals surface area contributed by atoms with Crippen molar-refractivity contribution in [2.45, 2.75) is 25.7 Å². The second-order valence-corrected chi connectivity index (χ2v) is 6.44. The van der Waals surface area contributed by atoms with Crippen molar-refractivity contribution in [1.82, 2.24) is 15.1 Å². The molecule has 0 N–H and O–H groups in total. The second kappa shape index (κ2) is 5.89. The van der Waals surface area contributed by atoms with Gasteiger partial charge in [0, 0.05) is 19.0 Å². The lowest BCUT2D eigenvalue weighted by Gasteiger charge is -2.31. The standard InChI is InChI=1S/C15H16FN3OS/c1-10-17-18-14(21-10)11-5-4-8-19(9-11)15(20)12-6-2-3-7-13(12)16/h2-3,6-7,11H,4-5,8-9H2,1H3. The summed E-state index contributed by atoms with van der Waals surface area (Å²) in [6.07, 6.45) is 1.90. The summed E-state index contributed by atoms with van der Waals surface area (Å²) in [6, 6.07) is 6.14. The molecule has 0 saturated carbocycles. The highest BCUT2D eigenvalue weighted by molar-refractivity contribution is 7.11. The second-order valence-electron chi connectivity index (χ2n) is 5.23. The van der Waals surface area contributed by atoms with Crippen LogP contribution in [0.4, 0.5) is 4.39 Å². The number of halogens is 1. The van der Waals surface area contributed by atoms with Crippen LogP contribution in [-0.4, -0.2) is 34.1 Å². The maximum Gasteiger partial charge on any atom is 0.256 e. The Bertz CT molecular complexity index is 658. The topological polar surface area (TPSA) is 46.1 Å². The van der Waals surface area contributed by atoms with Crippen LogP contribution in [0.25, 0.3) is 0 Å². The van der Waals surface area contributed by atoms with E-state index in [-0.39, 0.29) is 17.4 Å². The SMILES string of the molecule is Cc1nnc(C2CCCN(C(=O)c3ccccc3F)C2)s1. The number of piperidine rings is 1. The van der Waals surface area contributed by atoms with Gasteiger partial charge in [-0.05, 0) is 31.9 Å². The van der Waals surface area contributed by atoms with E-state index in [1.165, 1.54) is 12.1 Å². The predicted octanol–water partition coefficient (Wildman–Crippen LogP) is 3.01. The fourth-order valence-electron chi connectivity index (χ4n) is 2.65. The molecule has 0 aliphatic carbocycles. The molecule has 0 radical (unpaired) electrons. The Morgan fingerprint density at radius 1 is 1.38 bits per heavy atom. The molecule has 1 aromatic carbocycles. The van der Waals surface area contributed by atoms with Crippen LogP contribution in [0.3, 0.4) is 0 Å². The van der Waals surface area contributed by atoms with Gasteiger partial charge in [0.2, 0.25) is 0 Å². The number of benzene rings is 1. The molecule has 1 fully saturated rings. The van der Waals surface area contributed by atoms with Gasteiger partial charge in [-0.2, -0.15) is 0 Å². The normalized spacial score (nSPS) is 18.8. The fourth-order valence-corrected chi connectivity index (χ4v) is 3.47. The molecule has 2 aromatic rings. The summed E-state index contributed by atoms with van der Waals surface area (Å²) in [7, 11) is 0. The quantitative estimate of drug-likeness (QED) is 0.857. The van der Waals surface area contributed by atoms with Crippen molar-refractivity contribution in [1.29, 1.82) is 0 Å². The molecule has 3 rings (SSSR count). The van der Waals surface area contributed by atoms with Gasteiger partial charge < -0.3 is 4.90 Å². The van der Waals surface area contributed by atoms with Gasteiger partial charge in [-0.15, -0.1) is 21.5 Å². The third-order valence-corrected chi connectivity index (χ3v) is 4.70. The number of hydrogen-bond acceptors (Lipinski definition) is 4. The van der Waals surface area contributed by atoms with E-state index >= 15 is 0 Å². The molecular weight excluding hydrogens is 289 g/mol. The summed E-state index contributed by atoms with van der Waals surface area (Å²) >= 11 is 1.57. The van der Waals surface area contributed by atoms with E-state index in [1.807, 2.05) is 6.92 Å². The van der Waals surface area contributed by atoms with Crippen molar-refractivity contribution < 1.29 is 9.18 Å². The third kappa shape index (κ3) is 2.95. The van der Waals surface area contributed by atoms with E-state index in [0.717, 1.165) is 22.9 Å². The van der Waals surface area contributed by atoms with E-state index in [1.54, 1.807) is 28.4 Å². The van der Waals surface area contributed by atoms with Crippen LogP contribution in [0.15, 0.2) is 24.3 Å². The van der Waals surface area contributed by atoms with E-state index in [9.17, 15) is 9.18 Å². The van der Waals surface area contributed by atoms with Gasteiger partial charge >= 0.3 is 0 Å². The van der Waals surface area contributed by atoms with Crippen LogP contribution in [-0.2, 0) is 0 Å². The van der Waals surface area contributed by atoms with Crippen molar-refractivity contribution in [3.63, 3.8) is 0 Å². The lowest BCUT2D eigenvalue weighted by Crippen LogP contribution is -2.39. The van der Waals surface area contributed by atoms with Crippen LogP contribution in [0.2, 0.25) is 0 Å². The number of carbonyl (C=O) groups excluding carboxylic acids is 1. The van der Waals surface area contributed by atoms with Crippen LogP contribution >= 0.6 is 11.3 Å². The largest absolute Gasteiger partial charge is 0.338 e. The average molecular weight is 305 g/mol. The highest BCUT2D eigenvalue weighted by atomic mass is 32.1. The summed E-state index contributed by atoms with van der Waals surface area (Å²) < 4.78 is 13.8. The predicted molar refractivity (Wildman–Crippen MR) is 78.9 cm³/mol. The molecule has 21 heavy (non-hydrogen) atoms. The van der Waals surface area contributed by atoms with Crippen molar-refractivity contribution in [3.8, 4) is 0 Å². The summed E-state index contributed by atoms with van der Waals surface area (Å²) in [4.78, 5) is 14.2. The molecule has 6 heteroatoms. The minimum atomic E-state index is -0.462. The Kier molecular flexibility index (Phi) is 3.96. The molecule has 0 bridgehead atoms. The first kappa shape index (κ1) is 14.1. The zero-order chi connectivity index (χ0) is 14.8. The lowest BCUT2D eigenvalue weighted by atomic mass is 9.98. The molecule has 0 spiro atoms. The average Bonchev–Trinajstić information content (AvgIpc) is 2.94. The Morgan fingerprint density at radius 3 is 2.90 bits per heavy atom. The Labute approximate surface area is 126 Å². The van der Waals surface area contributed by atoms with E-state index < -0.39 is 5.82 Å². The smallest absolute Gasteiger partial charge is 0.256 e. The Hall–Kier alpha value is -1.82. The Morgan fingerprint density at radius 2 is 2.19 bits per heavy atom. The number of likely N-dealkylation sites (tertiary alicyclic amines) is 1. The fraction of sp³-hybridized carbons (Fsp3) is 0.400. The van der Waals surface area contributed by atoms with Gasteiger partial charge in [0.25, 0.3) is 5.91 Å². The van der Waals surface area contributed by atoms with Crippen LogP contribution < -0.4 is 0 Å². The lowest BCUT2D eigenvalue weighted by molar-refractivity contribution is 0.0702. The number of rotatable bonds is 2. The van der Waals surface area contributed by atoms with Crippen LogP contribution in [0.1, 0.15) is 39.1 Å². The van der Waals surface area contributed by atoms with Crippen molar-refractivity contribution >= 4 is 17.2 Å². The van der Waals surface area contributed by atoms with Crippen molar-refractivity contribution in [2.24, 2.45) is 0 Å². The molecule has 1 aliphatic heterocycles. The maximum atomic E-state index is 13.8. The third-order valence-electron chi connectivity index (χ3n) is 3.70. The van der Waals surface area contributed by atoms with E-state index in [0.29, 0.717) is 13.1 Å². The Balaban J connectivity index is 1.77. The number of aromatic nitrogens is 2. The first-order chi connectivity index (χ1) is 10.1. The molecular formula is C15H16FN3OS. The molecule has 1 aliphatic rings. The van der Waals surface area contributed by atoms with Crippen molar-refractivity contribution in [3.05, 3.63) is 45.7 Å². The zero-order valence-corrected chi connectivity index (χ0v) is 12.6. The molecule has 1 unspecified atom stereocenters. The monoisotopic (exact) mass is 305 g/mol. The molecule has 1 saturated heterocycles. The molecule has 2 heterocycles. The summed E-state index contributed by atoms with van der Waals surface area (Å²) in [5.41, 5.74) is 0.145. The first-order valence-electron chi connectivity index (χ1n) is 6.99. The summed E-state index contributed by atoms with van der Waals surface area (Å²) in [5.74, 6) is -0.490. The zero-order valence-electron chi connectivity index (χ0n) is 11.8. The summed E-state index contributed by atoms with van der Waals surface area (Å²) in [6.45, 7) is 3.18. The van der Waals surface area contributed by atoms with Gasteiger partial charge in [0.05, 0.1) is 5.56 Å². The molecule has 1 amide bonds. The summed E-state index contributed by atoms with van der Waals surface area (Å²) in [5, 5.41) is 10.1. The van der Waals surface area contributed by atoms with E-state index in [4.69, 9.17) is 0 Å². The highest BCUT2D eigenvalue weighted by Gasteiger charge is 2.28. The first-order valence-corrected chi connectivity index (χ1v) is 7.80. The molecule has 1 atom stereocenters. The molecule has 1 aromatic heterocycles. The van der Waals surface area contributed by atoms with Crippen LogP contribution in [0.5, 0.6) is 0 Å². The van der Waals surface area contributed by atoms with Crippen molar-refractivity contribution in [2.75, 3.05) is 13.1 Å². The maximum absolute atomic E-state index is 13.8. The number of carbonyl (C=O) groups is 1. The minimum absolute atomic E-state index is 0.145. The molecule has 4 nitrogen and oxygen atoms in total. The number of aryl methyl sites for hydroxylation is 1. The van der Waals surface area contributed by atoms with Crippen LogP contribution in [0, 0.1) is 12.7 Å². The number of amides is 1. The van der Waals surface area contributed by atoms with Gasteiger partial charge in [0.1, 0.15) is 15.8 Å². The highest BCUT2D eigenvalue weighted by Crippen LogP contribution is 2.29. The van der Waals surface area contributed by atoms with E-state index in [2.05, 4.69) is 10.2 Å². The molecule has 110 valence electrons. The van der Waals surface area contributed by atoms with Gasteiger partial charge in [-0.25, -0.2) is 4.39 Å². The number of nitrogens with zero attached hydrogens (tertiary/aromatic N) is 3.